The topological polar surface area (TPSA) is 101 Å². The highest BCUT2D eigenvalue weighted by atomic mass is 32.2. The van der Waals surface area contributed by atoms with Crippen LogP contribution in [-0.2, 0) is 4.79 Å². The molecular formula is C12H11N5O3S. The van der Waals surface area contributed by atoms with Crippen LogP contribution in [0.2, 0.25) is 0 Å². The number of benzene rings is 1. The van der Waals surface area contributed by atoms with E-state index in [0.717, 1.165) is 5.69 Å². The average Bonchev–Trinajstić information content (AvgIpc) is 3.18. The van der Waals surface area contributed by atoms with E-state index in [1.165, 1.54) is 27.7 Å². The fourth-order valence-electron chi connectivity index (χ4n) is 2.05. The van der Waals surface area contributed by atoms with E-state index in [1.54, 1.807) is 24.3 Å². The number of carbonyl (C=O) groups is 2. The van der Waals surface area contributed by atoms with Crippen molar-refractivity contribution < 1.29 is 14.7 Å². The second-order valence-electron chi connectivity index (χ2n) is 4.43. The SMILES string of the molecule is O=C(O)[C@@H]1CSCN1C(=O)c1ccc(-n2cnnn2)cc1. The zero-order chi connectivity index (χ0) is 14.8. The molecule has 21 heavy (non-hydrogen) atoms. The van der Waals surface area contributed by atoms with Gasteiger partial charge in [-0.1, -0.05) is 0 Å². The molecule has 1 N–H and O–H groups in total. The van der Waals surface area contributed by atoms with Crippen molar-refractivity contribution in [2.75, 3.05) is 11.6 Å². The minimum atomic E-state index is -0.973. The van der Waals surface area contributed by atoms with Crippen molar-refractivity contribution in [1.82, 2.24) is 25.1 Å². The molecule has 3 rings (SSSR count). The highest BCUT2D eigenvalue weighted by molar-refractivity contribution is 7.99. The van der Waals surface area contributed by atoms with Gasteiger partial charge in [-0.3, -0.25) is 4.79 Å². The first-order chi connectivity index (χ1) is 10.2. The molecule has 2 aromatic rings. The molecule has 1 atom stereocenters. The van der Waals surface area contributed by atoms with Gasteiger partial charge in [-0.15, -0.1) is 16.9 Å². The number of hydrogen-bond donors (Lipinski definition) is 1. The van der Waals surface area contributed by atoms with Crippen molar-refractivity contribution in [1.29, 1.82) is 0 Å². The number of carboxylic acids is 1. The lowest BCUT2D eigenvalue weighted by atomic mass is 10.1. The number of tetrazole rings is 1. The zero-order valence-corrected chi connectivity index (χ0v) is 11.6. The Hall–Kier alpha value is -2.42. The summed E-state index contributed by atoms with van der Waals surface area (Å²) in [5.74, 6) is -0.441. The highest BCUT2D eigenvalue weighted by Crippen LogP contribution is 2.23. The molecule has 0 unspecified atom stereocenters. The molecule has 8 nitrogen and oxygen atoms in total. The first-order valence-electron chi connectivity index (χ1n) is 6.12. The standard InChI is InChI=1S/C12H11N5O3S/c18-11(16-7-21-5-10(16)12(19)20)8-1-3-9(4-2-8)17-6-13-14-15-17/h1-4,6,10H,5,7H2,(H,19,20)/t10-/m0/s1. The first kappa shape index (κ1) is 13.6. The van der Waals surface area contributed by atoms with Crippen LogP contribution in [0.1, 0.15) is 10.4 Å². The van der Waals surface area contributed by atoms with Gasteiger partial charge < -0.3 is 10.0 Å². The van der Waals surface area contributed by atoms with Gasteiger partial charge in [0.2, 0.25) is 0 Å². The summed E-state index contributed by atoms with van der Waals surface area (Å²) in [6, 6.07) is 5.94. The van der Waals surface area contributed by atoms with Crippen molar-refractivity contribution in [2.24, 2.45) is 0 Å². The second-order valence-corrected chi connectivity index (χ2v) is 5.43. The number of amides is 1. The number of hydrogen-bond acceptors (Lipinski definition) is 6. The molecule has 0 bridgehead atoms. The minimum Gasteiger partial charge on any atom is -0.480 e. The third-order valence-electron chi connectivity index (χ3n) is 3.16. The van der Waals surface area contributed by atoms with Gasteiger partial charge in [0.1, 0.15) is 12.4 Å². The van der Waals surface area contributed by atoms with Crippen LogP contribution < -0.4 is 0 Å². The molecule has 1 fully saturated rings. The minimum absolute atomic E-state index is 0.282. The Bertz CT molecular complexity index is 658. The van der Waals surface area contributed by atoms with E-state index in [2.05, 4.69) is 15.5 Å². The number of aromatic nitrogens is 4. The molecule has 1 aromatic heterocycles. The van der Waals surface area contributed by atoms with E-state index in [1.807, 2.05) is 0 Å². The van der Waals surface area contributed by atoms with Crippen molar-refractivity contribution in [3.63, 3.8) is 0 Å². The van der Waals surface area contributed by atoms with Crippen LogP contribution in [0.25, 0.3) is 5.69 Å². The summed E-state index contributed by atoms with van der Waals surface area (Å²) in [7, 11) is 0. The summed E-state index contributed by atoms with van der Waals surface area (Å²) < 4.78 is 1.47. The second kappa shape index (κ2) is 5.52. The molecule has 0 radical (unpaired) electrons. The predicted octanol–water partition coefficient (Wildman–Crippen LogP) is 0.262. The number of aliphatic carboxylic acids is 1. The van der Waals surface area contributed by atoms with E-state index in [9.17, 15) is 9.59 Å². The summed E-state index contributed by atoms with van der Waals surface area (Å²) in [6.07, 6.45) is 1.45. The summed E-state index contributed by atoms with van der Waals surface area (Å²) >= 11 is 1.44. The van der Waals surface area contributed by atoms with Gasteiger partial charge >= 0.3 is 5.97 Å². The Morgan fingerprint density at radius 3 is 2.67 bits per heavy atom. The third kappa shape index (κ3) is 2.59. The van der Waals surface area contributed by atoms with Crippen LogP contribution in [0.3, 0.4) is 0 Å². The number of carboxylic acid groups (broad SMARTS) is 1. The monoisotopic (exact) mass is 305 g/mol. The lowest BCUT2D eigenvalue weighted by molar-refractivity contribution is -0.140. The van der Waals surface area contributed by atoms with E-state index in [0.29, 0.717) is 17.2 Å². The van der Waals surface area contributed by atoms with Crippen molar-refractivity contribution in [2.45, 2.75) is 6.04 Å². The molecule has 0 saturated carbocycles. The summed E-state index contributed by atoms with van der Waals surface area (Å²) in [4.78, 5) is 24.9. The molecular weight excluding hydrogens is 294 g/mol. The maximum atomic E-state index is 12.4. The lowest BCUT2D eigenvalue weighted by Crippen LogP contribution is -2.41. The fourth-order valence-corrected chi connectivity index (χ4v) is 3.19. The Balaban J connectivity index is 1.80. The van der Waals surface area contributed by atoms with E-state index in [4.69, 9.17) is 5.11 Å². The van der Waals surface area contributed by atoms with Crippen LogP contribution in [0.4, 0.5) is 0 Å². The highest BCUT2D eigenvalue weighted by Gasteiger charge is 2.34. The molecule has 0 spiro atoms. The van der Waals surface area contributed by atoms with Gasteiger partial charge in [-0.2, -0.15) is 0 Å². The molecule has 9 heteroatoms. The van der Waals surface area contributed by atoms with E-state index < -0.39 is 12.0 Å². The van der Waals surface area contributed by atoms with Crippen LogP contribution in [0.15, 0.2) is 30.6 Å². The Labute approximate surface area is 123 Å². The number of nitrogens with zero attached hydrogens (tertiary/aromatic N) is 5. The van der Waals surface area contributed by atoms with Gasteiger partial charge in [-0.05, 0) is 34.7 Å². The molecule has 0 aliphatic carbocycles. The molecule has 2 heterocycles. The van der Waals surface area contributed by atoms with Gasteiger partial charge in [0.25, 0.3) is 5.91 Å². The Morgan fingerprint density at radius 1 is 1.29 bits per heavy atom. The zero-order valence-electron chi connectivity index (χ0n) is 10.8. The van der Waals surface area contributed by atoms with Crippen molar-refractivity contribution in [3.8, 4) is 5.69 Å². The van der Waals surface area contributed by atoms with Gasteiger partial charge in [0.05, 0.1) is 11.6 Å². The average molecular weight is 305 g/mol. The fraction of sp³-hybridized carbons (Fsp3) is 0.250. The molecule has 1 amide bonds. The lowest BCUT2D eigenvalue weighted by Gasteiger charge is -2.20. The molecule has 1 aliphatic rings. The number of thioether (sulfide) groups is 1. The number of rotatable bonds is 3. The maximum absolute atomic E-state index is 12.4. The molecule has 1 aromatic carbocycles. The third-order valence-corrected chi connectivity index (χ3v) is 4.17. The van der Waals surface area contributed by atoms with Crippen molar-refractivity contribution >= 4 is 23.6 Å². The van der Waals surface area contributed by atoms with Crippen molar-refractivity contribution in [3.05, 3.63) is 36.2 Å². The summed E-state index contributed by atoms with van der Waals surface area (Å²) in [5.41, 5.74) is 1.17. The Morgan fingerprint density at radius 2 is 2.05 bits per heavy atom. The molecule has 108 valence electrons. The molecule has 1 aliphatic heterocycles. The number of carbonyl (C=O) groups excluding carboxylic acids is 1. The normalized spacial score (nSPS) is 17.9. The van der Waals surface area contributed by atoms with Gasteiger partial charge in [0, 0.05) is 11.3 Å². The van der Waals surface area contributed by atoms with Crippen LogP contribution in [-0.4, -0.2) is 59.8 Å². The van der Waals surface area contributed by atoms with Gasteiger partial charge in [-0.25, -0.2) is 9.48 Å². The van der Waals surface area contributed by atoms with E-state index >= 15 is 0 Å². The van der Waals surface area contributed by atoms with Gasteiger partial charge in [0.15, 0.2) is 0 Å². The smallest absolute Gasteiger partial charge is 0.327 e. The van der Waals surface area contributed by atoms with Crippen LogP contribution in [0, 0.1) is 0 Å². The quantitative estimate of drug-likeness (QED) is 0.868. The Kier molecular flexibility index (Phi) is 3.57. The first-order valence-corrected chi connectivity index (χ1v) is 7.27. The largest absolute Gasteiger partial charge is 0.480 e. The summed E-state index contributed by atoms with van der Waals surface area (Å²) in [5, 5.41) is 19.9. The predicted molar refractivity (Wildman–Crippen MR) is 74.1 cm³/mol. The molecule has 1 saturated heterocycles. The summed E-state index contributed by atoms with van der Waals surface area (Å²) in [6.45, 7) is 0. The van der Waals surface area contributed by atoms with E-state index in [-0.39, 0.29) is 5.91 Å². The van der Waals surface area contributed by atoms with Crippen LogP contribution >= 0.6 is 11.8 Å². The van der Waals surface area contributed by atoms with Crippen LogP contribution in [0.5, 0.6) is 0 Å². The maximum Gasteiger partial charge on any atom is 0.327 e.